The fourth-order valence-electron chi connectivity index (χ4n) is 1.08. The number of rotatable bonds is 2. The Kier molecular flexibility index (Phi) is 4.25. The first-order valence-electron chi connectivity index (χ1n) is 4.57. The quantitative estimate of drug-likeness (QED) is 0.491. The second-order valence-corrected chi connectivity index (χ2v) is 4.14. The fraction of sp³-hybridized carbons (Fsp3) is 0.0909. The largest absolute Gasteiger partial charge is 0.370 e. The highest BCUT2D eigenvalue weighted by Crippen LogP contribution is 2.13. The number of halogens is 1. The number of guanidine groups is 1. The number of aliphatic imine (C=N–C) groups is 1. The molecule has 1 rings (SSSR count). The predicted molar refractivity (Wildman–Crippen MR) is 68.6 cm³/mol. The van der Waals surface area contributed by atoms with Crippen molar-refractivity contribution in [3.63, 3.8) is 0 Å². The Bertz CT molecular complexity index is 445. The standard InChI is InChI=1S/C11H12BrN3O/c1-7(10(16)15-11(13)14)6-8-2-4-9(12)5-3-8/h2-6H,1H3,(H4,13,14,15,16). The molecule has 1 aromatic rings. The van der Waals surface area contributed by atoms with Gasteiger partial charge in [0.25, 0.3) is 5.91 Å². The van der Waals surface area contributed by atoms with Crippen LogP contribution < -0.4 is 11.5 Å². The highest BCUT2D eigenvalue weighted by molar-refractivity contribution is 9.10. The molecule has 0 aliphatic rings. The van der Waals surface area contributed by atoms with Crippen molar-refractivity contribution in [2.75, 3.05) is 0 Å². The number of carbonyl (C=O) groups excluding carboxylic acids is 1. The van der Waals surface area contributed by atoms with Gasteiger partial charge in [0.15, 0.2) is 5.96 Å². The van der Waals surface area contributed by atoms with Gasteiger partial charge in [0.05, 0.1) is 0 Å². The Morgan fingerprint density at radius 1 is 1.31 bits per heavy atom. The highest BCUT2D eigenvalue weighted by atomic mass is 79.9. The number of carbonyl (C=O) groups is 1. The van der Waals surface area contributed by atoms with Crippen LogP contribution in [0.5, 0.6) is 0 Å². The summed E-state index contributed by atoms with van der Waals surface area (Å²) in [4.78, 5) is 14.8. The second-order valence-electron chi connectivity index (χ2n) is 3.22. The van der Waals surface area contributed by atoms with Gasteiger partial charge < -0.3 is 11.5 Å². The molecule has 0 saturated heterocycles. The van der Waals surface area contributed by atoms with Crippen LogP contribution in [0.25, 0.3) is 6.08 Å². The normalized spacial score (nSPS) is 11.0. The molecule has 0 unspecified atom stereocenters. The molecule has 5 heteroatoms. The summed E-state index contributed by atoms with van der Waals surface area (Å²) < 4.78 is 0.984. The van der Waals surface area contributed by atoms with Crippen LogP contribution in [0.1, 0.15) is 12.5 Å². The first-order chi connectivity index (χ1) is 7.49. The van der Waals surface area contributed by atoms with Gasteiger partial charge in [-0.2, -0.15) is 4.99 Å². The van der Waals surface area contributed by atoms with Gasteiger partial charge in [0, 0.05) is 10.0 Å². The number of hydrogen-bond donors (Lipinski definition) is 2. The Hall–Kier alpha value is -1.62. The average molecular weight is 282 g/mol. The molecular weight excluding hydrogens is 270 g/mol. The van der Waals surface area contributed by atoms with Crippen LogP contribution in [0.2, 0.25) is 0 Å². The summed E-state index contributed by atoms with van der Waals surface area (Å²) in [6.45, 7) is 1.66. The Labute approximate surface area is 102 Å². The van der Waals surface area contributed by atoms with E-state index in [0.29, 0.717) is 5.57 Å². The maximum absolute atomic E-state index is 11.4. The van der Waals surface area contributed by atoms with Gasteiger partial charge in [-0.1, -0.05) is 28.1 Å². The lowest BCUT2D eigenvalue weighted by Crippen LogP contribution is -2.24. The molecule has 0 aliphatic heterocycles. The maximum atomic E-state index is 11.4. The van der Waals surface area contributed by atoms with E-state index in [2.05, 4.69) is 20.9 Å². The van der Waals surface area contributed by atoms with Gasteiger partial charge in [-0.05, 0) is 30.7 Å². The van der Waals surface area contributed by atoms with Crippen LogP contribution in [0.4, 0.5) is 0 Å². The molecular formula is C11H12BrN3O. The number of amides is 1. The van der Waals surface area contributed by atoms with E-state index in [4.69, 9.17) is 11.5 Å². The lowest BCUT2D eigenvalue weighted by Gasteiger charge is -1.97. The van der Waals surface area contributed by atoms with Gasteiger partial charge in [-0.15, -0.1) is 0 Å². The monoisotopic (exact) mass is 281 g/mol. The second kappa shape index (κ2) is 5.46. The van der Waals surface area contributed by atoms with Crippen molar-refractivity contribution in [3.8, 4) is 0 Å². The molecule has 1 amide bonds. The molecule has 0 radical (unpaired) electrons. The van der Waals surface area contributed by atoms with Crippen LogP contribution in [0.3, 0.4) is 0 Å². The third-order valence-corrected chi connectivity index (χ3v) is 2.35. The van der Waals surface area contributed by atoms with Crippen molar-refractivity contribution in [2.45, 2.75) is 6.92 Å². The van der Waals surface area contributed by atoms with Crippen LogP contribution >= 0.6 is 15.9 Å². The first kappa shape index (κ1) is 12.4. The molecule has 16 heavy (non-hydrogen) atoms. The molecule has 84 valence electrons. The summed E-state index contributed by atoms with van der Waals surface area (Å²) >= 11 is 3.33. The minimum absolute atomic E-state index is 0.228. The molecule has 0 aromatic heterocycles. The van der Waals surface area contributed by atoms with E-state index in [-0.39, 0.29) is 5.96 Å². The molecule has 0 fully saturated rings. The summed E-state index contributed by atoms with van der Waals surface area (Å²) in [7, 11) is 0. The number of nitrogens with zero attached hydrogens (tertiary/aromatic N) is 1. The smallest absolute Gasteiger partial charge is 0.275 e. The van der Waals surface area contributed by atoms with E-state index < -0.39 is 5.91 Å². The topological polar surface area (TPSA) is 81.5 Å². The van der Waals surface area contributed by atoms with Gasteiger partial charge in [-0.3, -0.25) is 4.79 Å². The summed E-state index contributed by atoms with van der Waals surface area (Å²) in [5.74, 6) is -0.656. The van der Waals surface area contributed by atoms with E-state index in [1.807, 2.05) is 24.3 Å². The van der Waals surface area contributed by atoms with Crippen LogP contribution in [0.15, 0.2) is 39.3 Å². The molecule has 0 bridgehead atoms. The lowest BCUT2D eigenvalue weighted by atomic mass is 10.1. The van der Waals surface area contributed by atoms with E-state index in [1.165, 1.54) is 0 Å². The summed E-state index contributed by atoms with van der Waals surface area (Å²) in [5.41, 5.74) is 11.6. The third kappa shape index (κ3) is 3.86. The zero-order valence-electron chi connectivity index (χ0n) is 8.77. The average Bonchev–Trinajstić information content (AvgIpc) is 2.20. The van der Waals surface area contributed by atoms with Gasteiger partial charge in [0.2, 0.25) is 0 Å². The SMILES string of the molecule is CC(=Cc1ccc(Br)cc1)C(=O)N=C(N)N. The van der Waals surface area contributed by atoms with Crippen molar-refractivity contribution in [2.24, 2.45) is 16.5 Å². The summed E-state index contributed by atoms with van der Waals surface area (Å²) in [5, 5.41) is 0. The maximum Gasteiger partial charge on any atom is 0.275 e. The first-order valence-corrected chi connectivity index (χ1v) is 5.36. The van der Waals surface area contributed by atoms with E-state index >= 15 is 0 Å². The van der Waals surface area contributed by atoms with Gasteiger partial charge in [-0.25, -0.2) is 0 Å². The minimum Gasteiger partial charge on any atom is -0.370 e. The Morgan fingerprint density at radius 2 is 1.88 bits per heavy atom. The number of nitrogens with two attached hydrogens (primary N) is 2. The Balaban J connectivity index is 2.88. The zero-order valence-corrected chi connectivity index (χ0v) is 10.4. The summed E-state index contributed by atoms with van der Waals surface area (Å²) in [6.07, 6.45) is 1.72. The fourth-order valence-corrected chi connectivity index (χ4v) is 1.34. The molecule has 0 spiro atoms. The minimum atomic E-state index is -0.428. The highest BCUT2D eigenvalue weighted by Gasteiger charge is 2.02. The van der Waals surface area contributed by atoms with Crippen LogP contribution in [-0.2, 0) is 4.79 Å². The zero-order chi connectivity index (χ0) is 12.1. The molecule has 0 heterocycles. The van der Waals surface area contributed by atoms with E-state index in [9.17, 15) is 4.79 Å². The van der Waals surface area contributed by atoms with Crippen LogP contribution in [0, 0.1) is 0 Å². The predicted octanol–water partition coefficient (Wildman–Crippen LogP) is 1.65. The Morgan fingerprint density at radius 3 is 2.38 bits per heavy atom. The molecule has 1 aromatic carbocycles. The molecule has 0 saturated carbocycles. The van der Waals surface area contributed by atoms with Crippen molar-refractivity contribution < 1.29 is 4.79 Å². The van der Waals surface area contributed by atoms with Crippen LogP contribution in [-0.4, -0.2) is 11.9 Å². The van der Waals surface area contributed by atoms with Crippen molar-refractivity contribution in [3.05, 3.63) is 39.9 Å². The number of benzene rings is 1. The summed E-state index contributed by atoms with van der Waals surface area (Å²) in [6, 6.07) is 7.56. The van der Waals surface area contributed by atoms with E-state index in [1.54, 1.807) is 13.0 Å². The third-order valence-electron chi connectivity index (χ3n) is 1.82. The van der Waals surface area contributed by atoms with E-state index in [0.717, 1.165) is 10.0 Å². The number of hydrogen-bond acceptors (Lipinski definition) is 1. The molecule has 4 nitrogen and oxygen atoms in total. The van der Waals surface area contributed by atoms with Crippen molar-refractivity contribution >= 4 is 33.9 Å². The van der Waals surface area contributed by atoms with Gasteiger partial charge >= 0.3 is 0 Å². The molecule has 0 atom stereocenters. The molecule has 4 N–H and O–H groups in total. The molecule has 0 aliphatic carbocycles. The van der Waals surface area contributed by atoms with Crippen molar-refractivity contribution in [1.29, 1.82) is 0 Å². The van der Waals surface area contributed by atoms with Gasteiger partial charge in [0.1, 0.15) is 0 Å². The van der Waals surface area contributed by atoms with Crippen molar-refractivity contribution in [1.82, 2.24) is 0 Å². The lowest BCUT2D eigenvalue weighted by molar-refractivity contribution is -0.114.